The van der Waals surface area contributed by atoms with Gasteiger partial charge in [0.2, 0.25) is 0 Å². The molecule has 0 aliphatic heterocycles. The van der Waals surface area contributed by atoms with Crippen LogP contribution in [0.2, 0.25) is 0 Å². The van der Waals surface area contributed by atoms with Gasteiger partial charge in [0, 0.05) is 11.3 Å². The maximum atomic E-state index is 6.39. The molecule has 21 heavy (non-hydrogen) atoms. The van der Waals surface area contributed by atoms with Gasteiger partial charge in [-0.25, -0.2) is 0 Å². The molecule has 2 rings (SSSR count). The molecule has 0 N–H and O–H groups in total. The molecule has 0 radical (unpaired) electrons. The molecular formula is C20H25Cl. The molecule has 2 aromatic carbocycles. The Labute approximate surface area is 134 Å². The molecular weight excluding hydrogens is 276 g/mol. The highest BCUT2D eigenvalue weighted by atomic mass is 35.5. The van der Waals surface area contributed by atoms with Crippen molar-refractivity contribution in [3.8, 4) is 0 Å². The van der Waals surface area contributed by atoms with Gasteiger partial charge in [-0.1, -0.05) is 75.4 Å². The second-order valence-electron chi connectivity index (χ2n) is 6.21. The predicted molar refractivity (Wildman–Crippen MR) is 93.4 cm³/mol. The molecule has 0 aliphatic carbocycles. The van der Waals surface area contributed by atoms with Crippen molar-refractivity contribution in [2.45, 2.75) is 44.9 Å². The average Bonchev–Trinajstić information content (AvgIpc) is 2.54. The van der Waals surface area contributed by atoms with Gasteiger partial charge in [-0.2, -0.15) is 0 Å². The van der Waals surface area contributed by atoms with Crippen molar-refractivity contribution in [1.29, 1.82) is 0 Å². The largest absolute Gasteiger partial charge is 0.126 e. The normalized spacial score (nSPS) is 14.1. The standard InChI is InChI=1S/C20H25Cl/c1-4-20(15-21,19-8-6-5-7-9-19)14-17-10-12-18(13-11-17)16(2)3/h5-13,16H,4,14-15H2,1-3H3. The summed E-state index contributed by atoms with van der Waals surface area (Å²) in [7, 11) is 0. The van der Waals surface area contributed by atoms with Crippen LogP contribution >= 0.6 is 11.6 Å². The van der Waals surface area contributed by atoms with Gasteiger partial charge in [-0.05, 0) is 35.4 Å². The molecule has 1 heteroatoms. The number of rotatable bonds is 6. The Morgan fingerprint density at radius 1 is 0.952 bits per heavy atom. The quantitative estimate of drug-likeness (QED) is 0.579. The fourth-order valence-corrected chi connectivity index (χ4v) is 3.29. The maximum absolute atomic E-state index is 6.39. The van der Waals surface area contributed by atoms with Gasteiger partial charge in [0.05, 0.1) is 0 Å². The minimum Gasteiger partial charge on any atom is -0.126 e. The Morgan fingerprint density at radius 3 is 2.05 bits per heavy atom. The number of hydrogen-bond donors (Lipinski definition) is 0. The van der Waals surface area contributed by atoms with E-state index >= 15 is 0 Å². The highest BCUT2D eigenvalue weighted by Crippen LogP contribution is 2.33. The molecule has 0 bridgehead atoms. The molecule has 0 amide bonds. The molecule has 2 aromatic rings. The van der Waals surface area contributed by atoms with Gasteiger partial charge >= 0.3 is 0 Å². The molecule has 112 valence electrons. The zero-order valence-corrected chi connectivity index (χ0v) is 14.0. The van der Waals surface area contributed by atoms with Gasteiger partial charge < -0.3 is 0 Å². The van der Waals surface area contributed by atoms with Crippen LogP contribution in [0.15, 0.2) is 54.6 Å². The van der Waals surface area contributed by atoms with Crippen LogP contribution in [0.4, 0.5) is 0 Å². The van der Waals surface area contributed by atoms with E-state index in [1.807, 2.05) is 0 Å². The van der Waals surface area contributed by atoms with Crippen molar-refractivity contribution >= 4 is 11.6 Å². The van der Waals surface area contributed by atoms with Crippen LogP contribution in [0.25, 0.3) is 0 Å². The summed E-state index contributed by atoms with van der Waals surface area (Å²) < 4.78 is 0. The van der Waals surface area contributed by atoms with Crippen LogP contribution in [0.5, 0.6) is 0 Å². The van der Waals surface area contributed by atoms with Crippen LogP contribution in [0, 0.1) is 0 Å². The van der Waals surface area contributed by atoms with Crippen molar-refractivity contribution in [1.82, 2.24) is 0 Å². The van der Waals surface area contributed by atoms with Crippen LogP contribution in [-0.2, 0) is 11.8 Å². The molecule has 0 aromatic heterocycles. The zero-order valence-electron chi connectivity index (χ0n) is 13.3. The molecule has 0 spiro atoms. The summed E-state index contributed by atoms with van der Waals surface area (Å²) in [5.41, 5.74) is 4.13. The molecule has 0 heterocycles. The summed E-state index contributed by atoms with van der Waals surface area (Å²) in [5.74, 6) is 1.23. The Balaban J connectivity index is 2.28. The number of hydrogen-bond acceptors (Lipinski definition) is 0. The van der Waals surface area contributed by atoms with Gasteiger partial charge in [-0.3, -0.25) is 0 Å². The molecule has 0 saturated heterocycles. The summed E-state index contributed by atoms with van der Waals surface area (Å²) in [6.07, 6.45) is 2.04. The van der Waals surface area contributed by atoms with E-state index in [9.17, 15) is 0 Å². The van der Waals surface area contributed by atoms with Crippen molar-refractivity contribution in [3.63, 3.8) is 0 Å². The van der Waals surface area contributed by atoms with E-state index in [4.69, 9.17) is 11.6 Å². The maximum Gasteiger partial charge on any atom is 0.0323 e. The number of benzene rings is 2. The zero-order chi connectivity index (χ0) is 15.3. The van der Waals surface area contributed by atoms with E-state index in [0.29, 0.717) is 11.8 Å². The fraction of sp³-hybridized carbons (Fsp3) is 0.400. The number of halogens is 1. The summed E-state index contributed by atoms with van der Waals surface area (Å²) in [6.45, 7) is 6.69. The first kappa shape index (κ1) is 16.1. The van der Waals surface area contributed by atoms with Gasteiger partial charge in [0.25, 0.3) is 0 Å². The van der Waals surface area contributed by atoms with Crippen LogP contribution in [-0.4, -0.2) is 5.88 Å². The van der Waals surface area contributed by atoms with Crippen molar-refractivity contribution in [2.75, 3.05) is 5.88 Å². The van der Waals surface area contributed by atoms with Gasteiger partial charge in [-0.15, -0.1) is 11.6 Å². The third kappa shape index (κ3) is 3.68. The lowest BCUT2D eigenvalue weighted by Gasteiger charge is -2.31. The first-order valence-corrected chi connectivity index (χ1v) is 8.35. The summed E-state index contributed by atoms with van der Waals surface area (Å²) in [4.78, 5) is 0. The monoisotopic (exact) mass is 300 g/mol. The molecule has 0 fully saturated rings. The van der Waals surface area contributed by atoms with Gasteiger partial charge in [0.1, 0.15) is 0 Å². The lowest BCUT2D eigenvalue weighted by Crippen LogP contribution is -2.30. The summed E-state index contributed by atoms with van der Waals surface area (Å²) >= 11 is 6.39. The summed E-state index contributed by atoms with van der Waals surface area (Å²) in [6, 6.07) is 19.7. The second kappa shape index (κ2) is 7.13. The highest BCUT2D eigenvalue weighted by Gasteiger charge is 2.29. The van der Waals surface area contributed by atoms with E-state index in [2.05, 4.69) is 75.4 Å². The first-order valence-electron chi connectivity index (χ1n) is 7.81. The third-order valence-corrected chi connectivity index (χ3v) is 5.02. The Hall–Kier alpha value is -1.27. The predicted octanol–water partition coefficient (Wildman–Crippen LogP) is 5.94. The topological polar surface area (TPSA) is 0 Å². The molecule has 0 aliphatic rings. The molecule has 0 saturated carbocycles. The molecule has 1 atom stereocenters. The van der Waals surface area contributed by atoms with Crippen LogP contribution in [0.1, 0.15) is 49.8 Å². The average molecular weight is 301 g/mol. The van der Waals surface area contributed by atoms with Crippen LogP contribution < -0.4 is 0 Å². The van der Waals surface area contributed by atoms with E-state index in [1.165, 1.54) is 16.7 Å². The van der Waals surface area contributed by atoms with Crippen molar-refractivity contribution in [2.24, 2.45) is 0 Å². The minimum atomic E-state index is 0.0299. The first-order chi connectivity index (χ1) is 10.1. The van der Waals surface area contributed by atoms with Crippen molar-refractivity contribution < 1.29 is 0 Å². The summed E-state index contributed by atoms with van der Waals surface area (Å²) in [5, 5.41) is 0. The van der Waals surface area contributed by atoms with Crippen molar-refractivity contribution in [3.05, 3.63) is 71.3 Å². The molecule has 0 nitrogen and oxygen atoms in total. The van der Waals surface area contributed by atoms with Gasteiger partial charge in [0.15, 0.2) is 0 Å². The lowest BCUT2D eigenvalue weighted by atomic mass is 9.75. The lowest BCUT2D eigenvalue weighted by molar-refractivity contribution is 0.458. The van der Waals surface area contributed by atoms with E-state index in [-0.39, 0.29) is 5.41 Å². The number of alkyl halides is 1. The Morgan fingerprint density at radius 2 is 1.57 bits per heavy atom. The Kier molecular flexibility index (Phi) is 5.47. The highest BCUT2D eigenvalue weighted by molar-refractivity contribution is 6.18. The third-order valence-electron chi connectivity index (χ3n) is 4.51. The minimum absolute atomic E-state index is 0.0299. The van der Waals surface area contributed by atoms with Crippen LogP contribution in [0.3, 0.4) is 0 Å². The van der Waals surface area contributed by atoms with E-state index < -0.39 is 0 Å². The SMILES string of the molecule is CCC(CCl)(Cc1ccc(C(C)C)cc1)c1ccccc1. The molecule has 1 unspecified atom stereocenters. The second-order valence-corrected chi connectivity index (χ2v) is 6.47. The van der Waals surface area contributed by atoms with E-state index in [1.54, 1.807) is 0 Å². The Bertz CT molecular complexity index is 536. The smallest absolute Gasteiger partial charge is 0.0323 e. The van der Waals surface area contributed by atoms with E-state index in [0.717, 1.165) is 12.8 Å². The fourth-order valence-electron chi connectivity index (χ4n) is 2.85.